The second kappa shape index (κ2) is 12.8. The first-order valence-corrected chi connectivity index (χ1v) is 14.3. The molecule has 0 saturated carbocycles. The molecule has 0 amide bonds. The van der Waals surface area contributed by atoms with E-state index >= 15 is 0 Å². The molecule has 220 valence electrons. The number of terminal acetylenes is 2. The van der Waals surface area contributed by atoms with Crippen molar-refractivity contribution in [3.05, 3.63) is 63.8 Å². The van der Waals surface area contributed by atoms with E-state index in [0.29, 0.717) is 41.6 Å². The summed E-state index contributed by atoms with van der Waals surface area (Å²) in [6.45, 7) is 3.20. The van der Waals surface area contributed by atoms with Crippen molar-refractivity contribution in [2.24, 2.45) is 5.92 Å². The zero-order valence-electron chi connectivity index (χ0n) is 22.7. The van der Waals surface area contributed by atoms with Crippen molar-refractivity contribution in [1.29, 1.82) is 0 Å². The van der Waals surface area contributed by atoms with E-state index in [9.17, 15) is 22.4 Å². The fourth-order valence-electron chi connectivity index (χ4n) is 4.98. The van der Waals surface area contributed by atoms with Gasteiger partial charge in [0.15, 0.2) is 11.4 Å². The van der Waals surface area contributed by atoms with Crippen molar-refractivity contribution in [1.82, 2.24) is 15.0 Å². The molecule has 0 spiro atoms. The minimum atomic E-state index is -4.58. The largest absolute Gasteiger partial charge is 0.462 e. The lowest BCUT2D eigenvalue weighted by Gasteiger charge is -2.35. The third-order valence-electron chi connectivity index (χ3n) is 7.14. The van der Waals surface area contributed by atoms with Crippen LogP contribution >= 0.6 is 11.8 Å². The highest BCUT2D eigenvalue weighted by molar-refractivity contribution is 7.99. The molecule has 4 aromatic rings. The Hall–Kier alpha value is -4.16. The normalized spacial score (nSPS) is 20.2. The van der Waals surface area contributed by atoms with Crippen LogP contribution in [0, 0.1) is 30.8 Å². The Morgan fingerprint density at radius 1 is 1.21 bits per heavy atom. The van der Waals surface area contributed by atoms with Crippen molar-refractivity contribution < 1.29 is 27.1 Å². The van der Waals surface area contributed by atoms with Gasteiger partial charge in [0, 0.05) is 36.2 Å². The SMILES string of the molecule is C#CO.C#Cc1c[nH]c(=O)c(C2(F)CCSCC2C)c1.FC(F)(F)c1nc(N2CCCC2)c2oc3ccccc3c2n1. The number of aromatic amines is 1. The van der Waals surface area contributed by atoms with Gasteiger partial charge in [0.1, 0.15) is 22.9 Å². The number of nitrogens with one attached hydrogen (secondary N) is 1. The predicted octanol–water partition coefficient (Wildman–Crippen LogP) is 6.24. The molecule has 2 aliphatic heterocycles. The second-order valence-electron chi connectivity index (χ2n) is 9.83. The summed E-state index contributed by atoms with van der Waals surface area (Å²) in [7, 11) is 0. The van der Waals surface area contributed by atoms with E-state index in [1.165, 1.54) is 18.4 Å². The maximum atomic E-state index is 15.0. The molecule has 2 N–H and O–H groups in total. The van der Waals surface area contributed by atoms with E-state index in [1.54, 1.807) is 36.0 Å². The summed E-state index contributed by atoms with van der Waals surface area (Å²) in [6, 6.07) is 8.46. The zero-order chi connectivity index (χ0) is 30.5. The van der Waals surface area contributed by atoms with E-state index < -0.39 is 17.7 Å². The zero-order valence-corrected chi connectivity index (χ0v) is 23.5. The summed E-state index contributed by atoms with van der Waals surface area (Å²) in [6.07, 6.45) is 9.79. The molecule has 7 nitrogen and oxygen atoms in total. The molecule has 3 aromatic heterocycles. The number of halogens is 4. The Labute approximate surface area is 243 Å². The number of alkyl halides is 4. The van der Waals surface area contributed by atoms with Crippen LogP contribution in [0.2, 0.25) is 0 Å². The van der Waals surface area contributed by atoms with E-state index in [4.69, 9.17) is 15.9 Å². The van der Waals surface area contributed by atoms with Crippen molar-refractivity contribution >= 4 is 39.6 Å². The summed E-state index contributed by atoms with van der Waals surface area (Å²) < 4.78 is 60.0. The molecular weight excluding hydrogens is 572 g/mol. The van der Waals surface area contributed by atoms with Crippen LogP contribution in [0.1, 0.15) is 43.1 Å². The van der Waals surface area contributed by atoms with Gasteiger partial charge in [-0.1, -0.05) is 31.4 Å². The van der Waals surface area contributed by atoms with Gasteiger partial charge in [-0.2, -0.15) is 24.9 Å². The monoisotopic (exact) mass is 600 g/mol. The Balaban J connectivity index is 0.000000182. The number of thioether (sulfide) groups is 1. The quantitative estimate of drug-likeness (QED) is 0.208. The number of para-hydroxylation sites is 1. The average molecular weight is 601 g/mol. The van der Waals surface area contributed by atoms with Gasteiger partial charge in [-0.3, -0.25) is 4.79 Å². The van der Waals surface area contributed by atoms with Crippen LogP contribution in [-0.2, 0) is 11.8 Å². The predicted molar refractivity (Wildman–Crippen MR) is 155 cm³/mol. The van der Waals surface area contributed by atoms with E-state index in [1.807, 2.05) is 11.8 Å². The van der Waals surface area contributed by atoms with Crippen molar-refractivity contribution in [3.8, 4) is 24.9 Å². The van der Waals surface area contributed by atoms with Crippen LogP contribution < -0.4 is 10.5 Å². The van der Waals surface area contributed by atoms with E-state index in [0.717, 1.165) is 24.3 Å². The number of pyridine rings is 1. The number of H-pyrrole nitrogens is 1. The Morgan fingerprint density at radius 2 is 1.90 bits per heavy atom. The minimum absolute atomic E-state index is 0.171. The van der Waals surface area contributed by atoms with Crippen LogP contribution in [-0.4, -0.2) is 44.7 Å². The summed E-state index contributed by atoms with van der Waals surface area (Å²) in [5, 5.41) is 7.67. The van der Waals surface area contributed by atoms with Crippen molar-refractivity contribution in [3.63, 3.8) is 0 Å². The molecule has 1 aromatic carbocycles. The lowest BCUT2D eigenvalue weighted by atomic mass is 9.82. The van der Waals surface area contributed by atoms with Crippen molar-refractivity contribution in [2.75, 3.05) is 29.5 Å². The van der Waals surface area contributed by atoms with Crippen LogP contribution in [0.3, 0.4) is 0 Å². The van der Waals surface area contributed by atoms with Crippen LogP contribution in [0.4, 0.5) is 23.4 Å². The number of aliphatic hydroxyl groups is 1. The van der Waals surface area contributed by atoms with Gasteiger partial charge >= 0.3 is 6.18 Å². The number of benzene rings is 1. The number of hydrogen-bond donors (Lipinski definition) is 2. The number of hydrogen-bond acceptors (Lipinski definition) is 7. The molecule has 2 atom stereocenters. The van der Waals surface area contributed by atoms with Crippen molar-refractivity contribution in [2.45, 2.75) is 38.0 Å². The van der Waals surface area contributed by atoms with Gasteiger partial charge in [-0.15, -0.1) is 6.42 Å². The number of anilines is 1. The first-order chi connectivity index (χ1) is 20.0. The molecule has 0 aliphatic carbocycles. The molecule has 12 heteroatoms. The number of furan rings is 1. The fourth-order valence-corrected chi connectivity index (χ4v) is 6.21. The van der Waals surface area contributed by atoms with E-state index in [-0.39, 0.29) is 28.4 Å². The number of aliphatic hydroxyl groups excluding tert-OH is 1. The minimum Gasteiger partial charge on any atom is -0.462 e. The number of aromatic nitrogens is 3. The fraction of sp³-hybridized carbons (Fsp3) is 0.367. The van der Waals surface area contributed by atoms with Gasteiger partial charge in [-0.25, -0.2) is 14.4 Å². The lowest BCUT2D eigenvalue weighted by Crippen LogP contribution is -2.39. The summed E-state index contributed by atoms with van der Waals surface area (Å²) in [5.41, 5.74) is -0.151. The molecular formula is C30H28F4N4O3S. The average Bonchev–Trinajstić information content (AvgIpc) is 3.63. The Morgan fingerprint density at radius 3 is 2.55 bits per heavy atom. The molecule has 5 heterocycles. The molecule has 42 heavy (non-hydrogen) atoms. The Kier molecular flexibility index (Phi) is 9.37. The second-order valence-corrected chi connectivity index (χ2v) is 11.0. The Bertz CT molecular complexity index is 1700. The van der Waals surface area contributed by atoms with Gasteiger partial charge in [0.25, 0.3) is 5.56 Å². The first kappa shape index (κ1) is 30.8. The summed E-state index contributed by atoms with van der Waals surface area (Å²) >= 11 is 1.72. The van der Waals surface area contributed by atoms with Gasteiger partial charge in [-0.05, 0) is 49.0 Å². The van der Waals surface area contributed by atoms with Gasteiger partial charge in [0.2, 0.25) is 5.82 Å². The topological polar surface area (TPSA) is 95.2 Å². The molecule has 2 aliphatic rings. The van der Waals surface area contributed by atoms with Crippen LogP contribution in [0.15, 0.2) is 45.7 Å². The molecule has 2 unspecified atom stereocenters. The number of fused-ring (bicyclic) bond motifs is 3. The highest BCUT2D eigenvalue weighted by atomic mass is 32.2. The first-order valence-electron chi connectivity index (χ1n) is 13.1. The summed E-state index contributed by atoms with van der Waals surface area (Å²) in [5.74, 6) is 2.85. The number of rotatable bonds is 2. The number of nitrogens with zero attached hydrogens (tertiary/aromatic N) is 3. The maximum Gasteiger partial charge on any atom is 0.451 e. The van der Waals surface area contributed by atoms with Gasteiger partial charge < -0.3 is 19.4 Å². The lowest BCUT2D eigenvalue weighted by molar-refractivity contribution is -0.144. The molecule has 2 fully saturated rings. The standard InChI is InChI=1S/C15H12F3N3O.C13H14FNOS.C2H2O/c16-15(17,18)14-19-11-9-5-1-2-6-10(9)22-12(11)13(20-14)21-7-3-4-8-21;1-3-10-6-11(12(16)15-7-10)13(14)4-5-17-8-9(13)2;1-2-3/h1-2,5-6H,3-4,7-8H2;1,6-7,9H,4-5,8H2,2H3,(H,15,16);1,3H. The molecule has 0 radical (unpaired) electrons. The molecule has 2 saturated heterocycles. The smallest absolute Gasteiger partial charge is 0.451 e. The molecule has 6 rings (SSSR count). The van der Waals surface area contributed by atoms with Gasteiger partial charge in [0.05, 0.1) is 5.56 Å². The highest BCUT2D eigenvalue weighted by Crippen LogP contribution is 2.42. The molecule has 0 bridgehead atoms. The third kappa shape index (κ3) is 6.34. The highest BCUT2D eigenvalue weighted by Gasteiger charge is 2.42. The van der Waals surface area contributed by atoms with Crippen LogP contribution in [0.25, 0.3) is 22.1 Å². The van der Waals surface area contributed by atoms with E-state index in [2.05, 4.69) is 27.3 Å². The summed E-state index contributed by atoms with van der Waals surface area (Å²) in [4.78, 5) is 23.6. The van der Waals surface area contributed by atoms with Crippen LogP contribution in [0.5, 0.6) is 0 Å². The third-order valence-corrected chi connectivity index (χ3v) is 8.37. The maximum absolute atomic E-state index is 15.0.